The van der Waals surface area contributed by atoms with E-state index in [9.17, 15) is 10.4 Å². The molecule has 0 atom stereocenters. The third kappa shape index (κ3) is 2.37. The average molecular weight is 194 g/mol. The van der Waals surface area contributed by atoms with E-state index in [1.165, 1.54) is 0 Å². The van der Waals surface area contributed by atoms with Crippen molar-refractivity contribution in [1.29, 1.82) is 0 Å². The molecule has 1 rings (SSSR count). The molecule has 0 radical (unpaired) electrons. The highest BCUT2D eigenvalue weighted by Crippen LogP contribution is 2.19. The van der Waals surface area contributed by atoms with Gasteiger partial charge in [0.15, 0.2) is 0 Å². The van der Waals surface area contributed by atoms with Gasteiger partial charge in [0.25, 0.3) is 0 Å². The Morgan fingerprint density at radius 2 is 1.14 bits per heavy atom. The molecule has 0 fully saturated rings. The number of hydrogen-bond acceptors (Lipinski definition) is 4. The fraction of sp³-hybridized carbons (Fsp3) is 0.400. The van der Waals surface area contributed by atoms with Crippen LogP contribution < -0.4 is 10.1 Å². The number of anilines is 2. The van der Waals surface area contributed by atoms with Crippen molar-refractivity contribution in [3.05, 3.63) is 34.7 Å². The van der Waals surface area contributed by atoms with Crippen LogP contribution in [0, 0.1) is 10.4 Å². The van der Waals surface area contributed by atoms with Crippen LogP contribution >= 0.6 is 0 Å². The Hall–Kier alpha value is -1.26. The van der Waals surface area contributed by atoms with Crippen LogP contribution in [0.2, 0.25) is 0 Å². The predicted octanol–water partition coefficient (Wildman–Crippen LogP) is 2.33. The molecule has 0 aliphatic heterocycles. The van der Waals surface area contributed by atoms with E-state index in [1.807, 2.05) is 0 Å². The van der Waals surface area contributed by atoms with E-state index in [0.717, 1.165) is 10.1 Å². The maximum atomic E-state index is 11.2. The van der Waals surface area contributed by atoms with Crippen molar-refractivity contribution in [3.63, 3.8) is 0 Å². The zero-order chi connectivity index (χ0) is 10.6. The highest BCUT2D eigenvalue weighted by atomic mass is 16.5. The zero-order valence-electron chi connectivity index (χ0n) is 8.43. The number of rotatable bonds is 4. The first kappa shape index (κ1) is 10.8. The second-order valence-electron chi connectivity index (χ2n) is 2.91. The van der Waals surface area contributed by atoms with E-state index in [4.69, 9.17) is 0 Å². The summed E-state index contributed by atoms with van der Waals surface area (Å²) in [5, 5.41) is 24.1. The van der Waals surface area contributed by atoms with E-state index in [0.29, 0.717) is 24.5 Å². The van der Waals surface area contributed by atoms with Crippen molar-refractivity contribution in [3.8, 4) is 0 Å². The van der Waals surface area contributed by atoms with Gasteiger partial charge < -0.3 is 20.5 Å². The summed E-state index contributed by atoms with van der Waals surface area (Å²) in [7, 11) is 0. The molecule has 4 nitrogen and oxygen atoms in total. The molecule has 0 spiro atoms. The molecule has 0 amide bonds. The van der Waals surface area contributed by atoms with Crippen LogP contribution in [0.5, 0.6) is 0 Å². The second-order valence-corrected chi connectivity index (χ2v) is 2.91. The number of benzene rings is 1. The summed E-state index contributed by atoms with van der Waals surface area (Å²) in [4.78, 5) is 0. The molecule has 0 saturated carbocycles. The fourth-order valence-electron chi connectivity index (χ4n) is 1.15. The molecule has 1 aromatic carbocycles. The van der Waals surface area contributed by atoms with Gasteiger partial charge in [-0.1, -0.05) is 0 Å². The first-order valence-electron chi connectivity index (χ1n) is 4.68. The maximum absolute atomic E-state index is 11.2. The lowest BCUT2D eigenvalue weighted by molar-refractivity contribution is 1.01. The Labute approximate surface area is 83.9 Å². The SMILES string of the molecule is CCN([O-])c1ccc(N([O-])CC)cc1. The van der Waals surface area contributed by atoms with E-state index >= 15 is 0 Å². The molecular formula is C10H14N2O2-2. The number of hydrogen-bond donors (Lipinski definition) is 0. The lowest BCUT2D eigenvalue weighted by atomic mass is 10.2. The smallest absolute Gasteiger partial charge is 0.0260 e. The molecule has 0 N–H and O–H groups in total. The van der Waals surface area contributed by atoms with E-state index in [2.05, 4.69) is 0 Å². The van der Waals surface area contributed by atoms with Crippen molar-refractivity contribution in [2.75, 3.05) is 23.2 Å². The van der Waals surface area contributed by atoms with Gasteiger partial charge in [-0.2, -0.15) is 0 Å². The van der Waals surface area contributed by atoms with Crippen LogP contribution in [-0.2, 0) is 0 Å². The zero-order valence-corrected chi connectivity index (χ0v) is 8.43. The molecule has 78 valence electrons. The molecule has 1 aromatic rings. The summed E-state index contributed by atoms with van der Waals surface area (Å²) in [6.45, 7) is 4.39. The first-order chi connectivity index (χ1) is 6.69. The second kappa shape index (κ2) is 4.83. The highest BCUT2D eigenvalue weighted by Gasteiger charge is 1.95. The Balaban J connectivity index is 2.78. The van der Waals surface area contributed by atoms with Crippen molar-refractivity contribution in [1.82, 2.24) is 0 Å². The largest absolute Gasteiger partial charge is 0.758 e. The Bertz CT molecular complexity index is 245. The molecule has 14 heavy (non-hydrogen) atoms. The normalized spacial score (nSPS) is 10.0. The third-order valence-electron chi connectivity index (χ3n) is 2.00. The van der Waals surface area contributed by atoms with Gasteiger partial charge in [-0.25, -0.2) is 0 Å². The summed E-state index contributed by atoms with van der Waals surface area (Å²) in [5.74, 6) is 0. The molecule has 0 aliphatic rings. The van der Waals surface area contributed by atoms with Crippen molar-refractivity contribution in [2.24, 2.45) is 0 Å². The summed E-state index contributed by atoms with van der Waals surface area (Å²) in [6, 6.07) is 6.64. The fourth-order valence-corrected chi connectivity index (χ4v) is 1.15. The summed E-state index contributed by atoms with van der Waals surface area (Å²) in [5.41, 5.74) is 1.17. The van der Waals surface area contributed by atoms with Crippen LogP contribution in [0.25, 0.3) is 0 Å². The molecule has 0 unspecified atom stereocenters. The summed E-state index contributed by atoms with van der Waals surface area (Å²) < 4.78 is 0. The summed E-state index contributed by atoms with van der Waals surface area (Å²) in [6.07, 6.45) is 0. The molecule has 0 heterocycles. The standard InChI is InChI=1S/C10H14N2O2/c1-3-11(13)9-5-7-10(8-6-9)12(14)4-2/h5-8H,3-4H2,1-2H3/q-2. The van der Waals surface area contributed by atoms with Gasteiger partial charge in [0.2, 0.25) is 0 Å². The van der Waals surface area contributed by atoms with Crippen LogP contribution in [0.1, 0.15) is 13.8 Å². The molecule has 0 aromatic heterocycles. The van der Waals surface area contributed by atoms with E-state index in [-0.39, 0.29) is 0 Å². The summed E-state index contributed by atoms with van der Waals surface area (Å²) >= 11 is 0. The number of nitrogens with zero attached hydrogens (tertiary/aromatic N) is 2. The monoisotopic (exact) mass is 194 g/mol. The van der Waals surface area contributed by atoms with E-state index < -0.39 is 0 Å². The minimum Gasteiger partial charge on any atom is -0.758 e. The van der Waals surface area contributed by atoms with Crippen molar-refractivity contribution in [2.45, 2.75) is 13.8 Å². The Kier molecular flexibility index (Phi) is 3.73. The molecular weight excluding hydrogens is 180 g/mol. The minimum atomic E-state index is 0.411. The average Bonchev–Trinajstić information content (AvgIpc) is 2.27. The topological polar surface area (TPSA) is 52.6 Å². The minimum absolute atomic E-state index is 0.411. The predicted molar refractivity (Wildman–Crippen MR) is 59.2 cm³/mol. The molecule has 0 aliphatic carbocycles. The van der Waals surface area contributed by atoms with Crippen LogP contribution in [0.15, 0.2) is 24.3 Å². The van der Waals surface area contributed by atoms with Gasteiger partial charge in [0.1, 0.15) is 0 Å². The van der Waals surface area contributed by atoms with Gasteiger partial charge in [0.05, 0.1) is 0 Å². The van der Waals surface area contributed by atoms with Crippen molar-refractivity contribution < 1.29 is 0 Å². The maximum Gasteiger partial charge on any atom is 0.0260 e. The first-order valence-corrected chi connectivity index (χ1v) is 4.68. The van der Waals surface area contributed by atoms with Crippen LogP contribution in [0.3, 0.4) is 0 Å². The van der Waals surface area contributed by atoms with Gasteiger partial charge >= 0.3 is 0 Å². The van der Waals surface area contributed by atoms with Gasteiger partial charge in [0, 0.05) is 24.5 Å². The quantitative estimate of drug-likeness (QED) is 0.690. The Morgan fingerprint density at radius 3 is 1.36 bits per heavy atom. The Morgan fingerprint density at radius 1 is 0.857 bits per heavy atom. The molecule has 4 heteroatoms. The van der Waals surface area contributed by atoms with Gasteiger partial charge in [-0.05, 0) is 38.1 Å². The van der Waals surface area contributed by atoms with E-state index in [1.54, 1.807) is 38.1 Å². The van der Waals surface area contributed by atoms with Gasteiger partial charge in [-0.15, -0.1) is 0 Å². The van der Waals surface area contributed by atoms with Crippen LogP contribution in [-0.4, -0.2) is 13.1 Å². The van der Waals surface area contributed by atoms with Crippen molar-refractivity contribution >= 4 is 11.4 Å². The molecule has 0 saturated heterocycles. The highest BCUT2D eigenvalue weighted by molar-refractivity contribution is 5.56. The molecule has 0 bridgehead atoms. The van der Waals surface area contributed by atoms with Crippen LogP contribution in [0.4, 0.5) is 11.4 Å². The third-order valence-corrected chi connectivity index (χ3v) is 2.00. The number of hydroxylamine groups is 2. The van der Waals surface area contributed by atoms with Gasteiger partial charge in [-0.3, -0.25) is 0 Å². The lowest BCUT2D eigenvalue weighted by Crippen LogP contribution is -2.15. The lowest BCUT2D eigenvalue weighted by Gasteiger charge is -2.32.